The number of methoxy groups -OCH3 is 1. The maximum absolute atomic E-state index is 12.8. The van der Waals surface area contributed by atoms with E-state index in [0.29, 0.717) is 18.7 Å². The first-order chi connectivity index (χ1) is 17.2. The third kappa shape index (κ3) is 7.70. The van der Waals surface area contributed by atoms with Crippen LogP contribution in [0.1, 0.15) is 29.2 Å². The maximum Gasteiger partial charge on any atom is 0.323 e. The SMILES string of the molecule is COC(=O)C(C)Cc1cccc(CN(C)C(=O)Cc2ccc(NC(=O)Nc3ccccc3C)cc2)c1. The zero-order valence-corrected chi connectivity index (χ0v) is 21.2. The van der Waals surface area contributed by atoms with Crippen molar-refractivity contribution in [1.29, 1.82) is 0 Å². The molecule has 0 saturated heterocycles. The molecule has 7 nitrogen and oxygen atoms in total. The molecule has 3 rings (SSSR count). The van der Waals surface area contributed by atoms with Crippen LogP contribution in [-0.2, 0) is 33.7 Å². The molecule has 3 amide bonds. The number of anilines is 2. The first-order valence-corrected chi connectivity index (χ1v) is 11.9. The number of benzene rings is 3. The van der Waals surface area contributed by atoms with Gasteiger partial charge in [-0.2, -0.15) is 0 Å². The van der Waals surface area contributed by atoms with Crippen LogP contribution in [0.15, 0.2) is 72.8 Å². The number of hydrogen-bond donors (Lipinski definition) is 2. The predicted molar refractivity (Wildman–Crippen MR) is 142 cm³/mol. The third-order valence-electron chi connectivity index (χ3n) is 5.94. The monoisotopic (exact) mass is 487 g/mol. The third-order valence-corrected chi connectivity index (χ3v) is 5.94. The second-order valence-corrected chi connectivity index (χ2v) is 8.97. The van der Waals surface area contributed by atoms with Gasteiger partial charge >= 0.3 is 12.0 Å². The minimum absolute atomic E-state index is 0.0127. The minimum atomic E-state index is -0.323. The van der Waals surface area contributed by atoms with Crippen molar-refractivity contribution < 1.29 is 19.1 Å². The van der Waals surface area contributed by atoms with E-state index in [1.54, 1.807) is 24.1 Å². The van der Waals surface area contributed by atoms with Crippen LogP contribution in [0, 0.1) is 12.8 Å². The van der Waals surface area contributed by atoms with E-state index >= 15 is 0 Å². The zero-order chi connectivity index (χ0) is 26.1. The van der Waals surface area contributed by atoms with Crippen molar-refractivity contribution in [3.63, 3.8) is 0 Å². The lowest BCUT2D eigenvalue weighted by Gasteiger charge is -2.18. The second kappa shape index (κ2) is 12.5. The summed E-state index contributed by atoms with van der Waals surface area (Å²) in [5.41, 5.74) is 5.26. The number of aryl methyl sites for hydroxylation is 1. The molecule has 7 heteroatoms. The fourth-order valence-electron chi connectivity index (χ4n) is 3.87. The van der Waals surface area contributed by atoms with Crippen LogP contribution in [0.5, 0.6) is 0 Å². The summed E-state index contributed by atoms with van der Waals surface area (Å²) < 4.78 is 4.81. The second-order valence-electron chi connectivity index (χ2n) is 8.97. The maximum atomic E-state index is 12.8. The highest BCUT2D eigenvalue weighted by atomic mass is 16.5. The van der Waals surface area contributed by atoms with E-state index < -0.39 is 0 Å². The van der Waals surface area contributed by atoms with Crippen LogP contribution in [0.2, 0.25) is 0 Å². The zero-order valence-electron chi connectivity index (χ0n) is 21.2. The highest BCUT2D eigenvalue weighted by Gasteiger charge is 2.15. The Morgan fingerprint density at radius 3 is 2.28 bits per heavy atom. The van der Waals surface area contributed by atoms with Gasteiger partial charge in [0.15, 0.2) is 0 Å². The van der Waals surface area contributed by atoms with Crippen LogP contribution in [0.3, 0.4) is 0 Å². The fourth-order valence-corrected chi connectivity index (χ4v) is 3.87. The normalized spacial score (nSPS) is 11.3. The van der Waals surface area contributed by atoms with Gasteiger partial charge in [0.05, 0.1) is 19.4 Å². The van der Waals surface area contributed by atoms with Gasteiger partial charge in [-0.3, -0.25) is 9.59 Å². The number of esters is 1. The van der Waals surface area contributed by atoms with Gasteiger partial charge in [0, 0.05) is 25.0 Å². The van der Waals surface area contributed by atoms with E-state index in [4.69, 9.17) is 4.74 Å². The number of rotatable bonds is 9. The number of para-hydroxylation sites is 1. The highest BCUT2D eigenvalue weighted by Crippen LogP contribution is 2.16. The summed E-state index contributed by atoms with van der Waals surface area (Å²) in [6, 6.07) is 22.4. The van der Waals surface area contributed by atoms with Gasteiger partial charge in [-0.05, 0) is 53.8 Å². The molecular weight excluding hydrogens is 454 g/mol. The van der Waals surface area contributed by atoms with Gasteiger partial charge in [0.2, 0.25) is 5.91 Å². The Hall–Kier alpha value is -4.13. The number of urea groups is 1. The molecule has 0 saturated carbocycles. The molecule has 0 spiro atoms. The number of likely N-dealkylation sites (N-methyl/N-ethyl adjacent to an activating group) is 1. The first kappa shape index (κ1) is 26.5. The lowest BCUT2D eigenvalue weighted by Crippen LogP contribution is -2.27. The summed E-state index contributed by atoms with van der Waals surface area (Å²) in [4.78, 5) is 38.5. The Morgan fingerprint density at radius 1 is 0.889 bits per heavy atom. The molecule has 36 heavy (non-hydrogen) atoms. The summed E-state index contributed by atoms with van der Waals surface area (Å²) in [6.07, 6.45) is 0.840. The number of hydrogen-bond acceptors (Lipinski definition) is 4. The summed E-state index contributed by atoms with van der Waals surface area (Å²) >= 11 is 0. The molecule has 0 fully saturated rings. The molecule has 1 unspecified atom stereocenters. The van der Waals surface area contributed by atoms with Crippen LogP contribution in [0.4, 0.5) is 16.2 Å². The van der Waals surface area contributed by atoms with Crippen molar-refractivity contribution in [2.45, 2.75) is 33.2 Å². The smallest absolute Gasteiger partial charge is 0.323 e. The van der Waals surface area contributed by atoms with E-state index in [9.17, 15) is 14.4 Å². The Balaban J connectivity index is 1.51. The highest BCUT2D eigenvalue weighted by molar-refractivity contribution is 6.00. The van der Waals surface area contributed by atoms with Gasteiger partial charge < -0.3 is 20.3 Å². The molecule has 0 heterocycles. The van der Waals surface area contributed by atoms with Crippen molar-refractivity contribution in [3.8, 4) is 0 Å². The summed E-state index contributed by atoms with van der Waals surface area (Å²) in [5.74, 6) is -0.474. The molecule has 3 aromatic rings. The molecule has 0 aromatic heterocycles. The van der Waals surface area contributed by atoms with E-state index in [1.165, 1.54) is 7.11 Å². The van der Waals surface area contributed by atoms with Crippen LogP contribution >= 0.6 is 0 Å². The lowest BCUT2D eigenvalue weighted by molar-refractivity contribution is -0.144. The van der Waals surface area contributed by atoms with E-state index in [-0.39, 0.29) is 30.2 Å². The van der Waals surface area contributed by atoms with E-state index in [2.05, 4.69) is 10.6 Å². The predicted octanol–water partition coefficient (Wildman–Crippen LogP) is 5.19. The molecule has 0 aliphatic carbocycles. The van der Waals surface area contributed by atoms with Crippen molar-refractivity contribution in [1.82, 2.24) is 4.90 Å². The van der Waals surface area contributed by atoms with E-state index in [0.717, 1.165) is 27.9 Å². The van der Waals surface area contributed by atoms with Crippen LogP contribution in [0.25, 0.3) is 0 Å². The molecule has 188 valence electrons. The Bertz CT molecular complexity index is 1210. The Kier molecular flexibility index (Phi) is 9.22. The number of carbonyl (C=O) groups excluding carboxylic acids is 3. The number of ether oxygens (including phenoxy) is 1. The standard InChI is InChI=1S/C29H33N3O4/c1-20-8-5-6-11-26(20)31-29(35)30-25-14-12-22(13-15-25)18-27(33)32(3)19-24-10-7-9-23(17-24)16-21(2)28(34)36-4/h5-15,17,21H,16,18-19H2,1-4H3,(H2,30,31,35). The largest absolute Gasteiger partial charge is 0.469 e. The van der Waals surface area contributed by atoms with Gasteiger partial charge in [-0.15, -0.1) is 0 Å². The molecule has 0 aliphatic rings. The van der Waals surface area contributed by atoms with Crippen molar-refractivity contribution in [2.75, 3.05) is 24.8 Å². The fraction of sp³-hybridized carbons (Fsp3) is 0.276. The van der Waals surface area contributed by atoms with Crippen molar-refractivity contribution in [2.24, 2.45) is 5.92 Å². The lowest BCUT2D eigenvalue weighted by atomic mass is 9.99. The van der Waals surface area contributed by atoms with Crippen LogP contribution < -0.4 is 10.6 Å². The number of nitrogens with one attached hydrogen (secondary N) is 2. The molecule has 2 N–H and O–H groups in total. The van der Waals surface area contributed by atoms with Gasteiger partial charge in [0.1, 0.15) is 0 Å². The Morgan fingerprint density at radius 2 is 1.58 bits per heavy atom. The summed E-state index contributed by atoms with van der Waals surface area (Å²) in [6.45, 7) is 4.24. The number of amides is 3. The molecule has 0 aliphatic heterocycles. The summed E-state index contributed by atoms with van der Waals surface area (Å²) in [5, 5.41) is 5.64. The number of nitrogens with zero attached hydrogens (tertiary/aromatic N) is 1. The Labute approximate surface area is 212 Å². The minimum Gasteiger partial charge on any atom is -0.469 e. The van der Waals surface area contributed by atoms with Crippen molar-refractivity contribution in [3.05, 3.63) is 95.1 Å². The molecule has 0 radical (unpaired) electrons. The van der Waals surface area contributed by atoms with Gasteiger partial charge in [0.25, 0.3) is 0 Å². The molecular formula is C29H33N3O4. The number of carbonyl (C=O) groups is 3. The topological polar surface area (TPSA) is 87.7 Å². The molecule has 3 aromatic carbocycles. The summed E-state index contributed by atoms with van der Waals surface area (Å²) in [7, 11) is 3.17. The average Bonchev–Trinajstić information content (AvgIpc) is 2.86. The van der Waals surface area contributed by atoms with Gasteiger partial charge in [-0.1, -0.05) is 61.5 Å². The van der Waals surface area contributed by atoms with Gasteiger partial charge in [-0.25, -0.2) is 4.79 Å². The quantitative estimate of drug-likeness (QED) is 0.407. The van der Waals surface area contributed by atoms with E-state index in [1.807, 2.05) is 74.5 Å². The van der Waals surface area contributed by atoms with Crippen molar-refractivity contribution >= 4 is 29.3 Å². The van der Waals surface area contributed by atoms with Crippen LogP contribution in [-0.4, -0.2) is 37.0 Å². The first-order valence-electron chi connectivity index (χ1n) is 11.9. The molecule has 1 atom stereocenters. The average molecular weight is 488 g/mol. The molecule has 0 bridgehead atoms.